The Hall–Kier alpha value is -1.35. The third kappa shape index (κ3) is 3.86. The Kier molecular flexibility index (Phi) is 4.56. The van der Waals surface area contributed by atoms with E-state index in [1.54, 1.807) is 12.1 Å². The van der Waals surface area contributed by atoms with Crippen LogP contribution in [0.2, 0.25) is 0 Å². The van der Waals surface area contributed by atoms with Crippen molar-refractivity contribution in [3.63, 3.8) is 0 Å². The monoisotopic (exact) mass is 233 g/mol. The van der Waals surface area contributed by atoms with E-state index in [1.165, 1.54) is 12.8 Å². The van der Waals surface area contributed by atoms with Gasteiger partial charge in [0.2, 0.25) is 0 Å². The Balaban J connectivity index is 1.69. The van der Waals surface area contributed by atoms with Gasteiger partial charge >= 0.3 is 5.97 Å². The van der Waals surface area contributed by atoms with E-state index in [9.17, 15) is 4.79 Å². The highest BCUT2D eigenvalue weighted by Crippen LogP contribution is 2.14. The van der Waals surface area contributed by atoms with Crippen LogP contribution in [0.4, 0.5) is 0 Å². The molecule has 1 aliphatic rings. The first-order chi connectivity index (χ1) is 8.36. The molecule has 3 heteroatoms. The Bertz CT molecular complexity index is 344. The summed E-state index contributed by atoms with van der Waals surface area (Å²) in [6.07, 6.45) is 3.44. The Morgan fingerprint density at radius 3 is 2.88 bits per heavy atom. The molecule has 1 fully saturated rings. The molecule has 0 bridgehead atoms. The largest absolute Gasteiger partial charge is 0.462 e. The highest BCUT2D eigenvalue weighted by atomic mass is 16.5. The number of rotatable bonds is 4. The van der Waals surface area contributed by atoms with Crippen molar-refractivity contribution < 1.29 is 9.53 Å². The molecule has 1 aromatic rings. The van der Waals surface area contributed by atoms with Crippen LogP contribution in [-0.2, 0) is 4.74 Å². The zero-order valence-corrected chi connectivity index (χ0v) is 10.0. The lowest BCUT2D eigenvalue weighted by Crippen LogP contribution is -2.30. The predicted octanol–water partition coefficient (Wildman–Crippen LogP) is 2.23. The number of benzene rings is 1. The Labute approximate surface area is 102 Å². The fourth-order valence-corrected chi connectivity index (χ4v) is 2.15. The predicted molar refractivity (Wildman–Crippen MR) is 66.9 cm³/mol. The summed E-state index contributed by atoms with van der Waals surface area (Å²) in [5, 5.41) is 3.36. The third-order valence-corrected chi connectivity index (χ3v) is 3.17. The molecule has 0 aromatic heterocycles. The van der Waals surface area contributed by atoms with Gasteiger partial charge in [-0.3, -0.25) is 0 Å². The zero-order valence-electron chi connectivity index (χ0n) is 10.0. The lowest BCUT2D eigenvalue weighted by Gasteiger charge is -2.22. The number of carbonyl (C=O) groups excluding carboxylic acids is 1. The molecule has 92 valence electrons. The molecular weight excluding hydrogens is 214 g/mol. The van der Waals surface area contributed by atoms with Crippen LogP contribution in [0.5, 0.6) is 0 Å². The first-order valence-corrected chi connectivity index (χ1v) is 6.29. The molecule has 1 N–H and O–H groups in total. The quantitative estimate of drug-likeness (QED) is 0.810. The van der Waals surface area contributed by atoms with Crippen molar-refractivity contribution in [1.29, 1.82) is 0 Å². The van der Waals surface area contributed by atoms with E-state index in [0.717, 1.165) is 19.5 Å². The van der Waals surface area contributed by atoms with Crippen LogP contribution in [-0.4, -0.2) is 25.7 Å². The van der Waals surface area contributed by atoms with Gasteiger partial charge in [0.15, 0.2) is 0 Å². The SMILES string of the molecule is O=C(OCC[C@H]1CCCNC1)c1ccccc1. The van der Waals surface area contributed by atoms with Gasteiger partial charge in [0.1, 0.15) is 0 Å². The molecule has 1 heterocycles. The maximum absolute atomic E-state index is 11.6. The van der Waals surface area contributed by atoms with Crippen LogP contribution in [0.1, 0.15) is 29.6 Å². The maximum atomic E-state index is 11.6. The zero-order chi connectivity index (χ0) is 11.9. The normalized spacial score (nSPS) is 19.9. The molecule has 0 radical (unpaired) electrons. The van der Waals surface area contributed by atoms with Crippen molar-refractivity contribution in [3.05, 3.63) is 35.9 Å². The number of esters is 1. The molecule has 1 aliphatic heterocycles. The number of piperidine rings is 1. The topological polar surface area (TPSA) is 38.3 Å². The van der Waals surface area contributed by atoms with Gasteiger partial charge in [-0.2, -0.15) is 0 Å². The van der Waals surface area contributed by atoms with Crippen LogP contribution in [0.15, 0.2) is 30.3 Å². The second-order valence-corrected chi connectivity index (χ2v) is 4.50. The summed E-state index contributed by atoms with van der Waals surface area (Å²) in [4.78, 5) is 11.6. The summed E-state index contributed by atoms with van der Waals surface area (Å²) in [5.74, 6) is 0.446. The number of hydrogen-bond acceptors (Lipinski definition) is 3. The molecule has 0 unspecified atom stereocenters. The van der Waals surface area contributed by atoms with E-state index in [2.05, 4.69) is 5.32 Å². The van der Waals surface area contributed by atoms with Crippen molar-refractivity contribution in [3.8, 4) is 0 Å². The maximum Gasteiger partial charge on any atom is 0.338 e. The van der Waals surface area contributed by atoms with Crippen LogP contribution >= 0.6 is 0 Å². The number of carbonyl (C=O) groups is 1. The lowest BCUT2D eigenvalue weighted by atomic mass is 9.97. The summed E-state index contributed by atoms with van der Waals surface area (Å²) < 4.78 is 5.26. The van der Waals surface area contributed by atoms with E-state index >= 15 is 0 Å². The molecule has 2 rings (SSSR count). The van der Waals surface area contributed by atoms with Gasteiger partial charge in [-0.25, -0.2) is 4.79 Å². The lowest BCUT2D eigenvalue weighted by molar-refractivity contribution is 0.0477. The number of ether oxygens (including phenoxy) is 1. The van der Waals surface area contributed by atoms with E-state index in [1.807, 2.05) is 18.2 Å². The molecular formula is C14H19NO2. The average Bonchev–Trinajstić information content (AvgIpc) is 2.41. The average molecular weight is 233 g/mol. The summed E-state index contributed by atoms with van der Waals surface area (Å²) in [6, 6.07) is 9.16. The van der Waals surface area contributed by atoms with E-state index < -0.39 is 0 Å². The molecule has 17 heavy (non-hydrogen) atoms. The first-order valence-electron chi connectivity index (χ1n) is 6.29. The Morgan fingerprint density at radius 1 is 1.35 bits per heavy atom. The van der Waals surface area contributed by atoms with E-state index in [4.69, 9.17) is 4.74 Å². The second-order valence-electron chi connectivity index (χ2n) is 4.50. The molecule has 0 amide bonds. The molecule has 0 aliphatic carbocycles. The summed E-state index contributed by atoms with van der Waals surface area (Å²) >= 11 is 0. The molecule has 0 spiro atoms. The van der Waals surface area contributed by atoms with Crippen molar-refractivity contribution in [2.45, 2.75) is 19.3 Å². The first kappa shape index (κ1) is 12.1. The van der Waals surface area contributed by atoms with Gasteiger partial charge < -0.3 is 10.1 Å². The minimum Gasteiger partial charge on any atom is -0.462 e. The highest BCUT2D eigenvalue weighted by Gasteiger charge is 2.13. The van der Waals surface area contributed by atoms with Crippen molar-refractivity contribution in [2.75, 3.05) is 19.7 Å². The molecule has 0 saturated carbocycles. The fraction of sp³-hybridized carbons (Fsp3) is 0.500. The third-order valence-electron chi connectivity index (χ3n) is 3.17. The minimum atomic E-state index is -0.214. The van der Waals surface area contributed by atoms with Gasteiger partial charge in [0, 0.05) is 0 Å². The molecule has 1 aromatic carbocycles. The minimum absolute atomic E-state index is 0.214. The standard InChI is InChI=1S/C14H19NO2/c16-14(13-6-2-1-3-7-13)17-10-8-12-5-4-9-15-11-12/h1-3,6-7,12,15H,4-5,8-11H2/t12-/m1/s1. The van der Waals surface area contributed by atoms with Crippen molar-refractivity contribution in [1.82, 2.24) is 5.32 Å². The van der Waals surface area contributed by atoms with Gasteiger partial charge in [0.25, 0.3) is 0 Å². The van der Waals surface area contributed by atoms with Crippen LogP contribution in [0.25, 0.3) is 0 Å². The van der Waals surface area contributed by atoms with E-state index in [0.29, 0.717) is 18.1 Å². The summed E-state index contributed by atoms with van der Waals surface area (Å²) in [7, 11) is 0. The molecule has 3 nitrogen and oxygen atoms in total. The van der Waals surface area contributed by atoms with Crippen molar-refractivity contribution >= 4 is 5.97 Å². The number of hydrogen-bond donors (Lipinski definition) is 1. The van der Waals surface area contributed by atoms with Crippen LogP contribution in [0, 0.1) is 5.92 Å². The van der Waals surface area contributed by atoms with Gasteiger partial charge in [0.05, 0.1) is 12.2 Å². The second kappa shape index (κ2) is 6.40. The van der Waals surface area contributed by atoms with Crippen LogP contribution in [0.3, 0.4) is 0 Å². The highest BCUT2D eigenvalue weighted by molar-refractivity contribution is 5.89. The number of nitrogens with one attached hydrogen (secondary N) is 1. The van der Waals surface area contributed by atoms with Gasteiger partial charge in [-0.1, -0.05) is 18.2 Å². The van der Waals surface area contributed by atoms with Gasteiger partial charge in [-0.15, -0.1) is 0 Å². The van der Waals surface area contributed by atoms with Crippen LogP contribution < -0.4 is 5.32 Å². The van der Waals surface area contributed by atoms with Gasteiger partial charge in [-0.05, 0) is 50.4 Å². The van der Waals surface area contributed by atoms with E-state index in [-0.39, 0.29) is 5.97 Å². The summed E-state index contributed by atoms with van der Waals surface area (Å²) in [5.41, 5.74) is 0.634. The fourth-order valence-electron chi connectivity index (χ4n) is 2.15. The van der Waals surface area contributed by atoms with Crippen molar-refractivity contribution in [2.24, 2.45) is 5.92 Å². The molecule has 1 atom stereocenters. The summed E-state index contributed by atoms with van der Waals surface area (Å²) in [6.45, 7) is 2.71. The molecule has 1 saturated heterocycles. The smallest absolute Gasteiger partial charge is 0.338 e. The Morgan fingerprint density at radius 2 is 2.18 bits per heavy atom.